The summed E-state index contributed by atoms with van der Waals surface area (Å²) in [6, 6.07) is 3.85. The molecule has 12 nitrogen and oxygen atoms in total. The number of hydrogen-bond donors (Lipinski definition) is 6. The fraction of sp³-hybridized carbons (Fsp3) is 0.655. The van der Waals surface area contributed by atoms with Crippen molar-refractivity contribution in [3.63, 3.8) is 0 Å². The molecule has 3 unspecified atom stereocenters. The van der Waals surface area contributed by atoms with E-state index in [-0.39, 0.29) is 36.8 Å². The Morgan fingerprint density at radius 3 is 2.07 bits per heavy atom. The van der Waals surface area contributed by atoms with Gasteiger partial charge < -0.3 is 26.2 Å². The van der Waals surface area contributed by atoms with Crippen LogP contribution in [0.1, 0.15) is 92.6 Å². The van der Waals surface area contributed by atoms with Crippen LogP contribution in [0, 0.1) is 11.3 Å². The highest BCUT2D eigenvalue weighted by atomic mass is 31.2. The van der Waals surface area contributed by atoms with Gasteiger partial charge in [-0.05, 0) is 50.3 Å². The summed E-state index contributed by atoms with van der Waals surface area (Å²) >= 11 is 0. The second kappa shape index (κ2) is 16.0. The lowest BCUT2D eigenvalue weighted by Crippen LogP contribution is -2.59. The van der Waals surface area contributed by atoms with Gasteiger partial charge in [-0.25, -0.2) is 4.57 Å². The van der Waals surface area contributed by atoms with Crippen molar-refractivity contribution in [3.8, 4) is 5.75 Å². The molecule has 1 rings (SSSR count). The Hall–Kier alpha value is -2.95. The smallest absolute Gasteiger partial charge is 0.404 e. The molecule has 0 aromatic heterocycles. The lowest BCUT2D eigenvalue weighted by atomic mass is 9.79. The molecule has 0 fully saturated rings. The summed E-state index contributed by atoms with van der Waals surface area (Å²) in [5.41, 5.74) is 4.45. The number of carbonyl (C=O) groups is 4. The van der Waals surface area contributed by atoms with Crippen molar-refractivity contribution in [2.24, 2.45) is 17.1 Å². The van der Waals surface area contributed by atoms with Crippen LogP contribution in [0.2, 0.25) is 0 Å². The number of primary amides is 1. The highest BCUT2D eigenvalue weighted by Gasteiger charge is 2.37. The Balaban J connectivity index is 3.18. The van der Waals surface area contributed by atoms with Crippen molar-refractivity contribution in [3.05, 3.63) is 29.8 Å². The highest BCUT2D eigenvalue weighted by molar-refractivity contribution is 7.46. The van der Waals surface area contributed by atoms with Gasteiger partial charge in [0, 0.05) is 23.8 Å². The van der Waals surface area contributed by atoms with E-state index in [1.54, 1.807) is 27.7 Å². The van der Waals surface area contributed by atoms with Gasteiger partial charge in [-0.2, -0.15) is 0 Å². The van der Waals surface area contributed by atoms with E-state index in [1.807, 2.05) is 20.8 Å². The van der Waals surface area contributed by atoms with E-state index in [2.05, 4.69) is 20.5 Å². The van der Waals surface area contributed by atoms with Gasteiger partial charge in [0.05, 0.1) is 0 Å². The molecule has 0 saturated carbocycles. The van der Waals surface area contributed by atoms with E-state index >= 15 is 0 Å². The van der Waals surface area contributed by atoms with E-state index in [9.17, 15) is 23.7 Å². The Labute approximate surface area is 249 Å². The summed E-state index contributed by atoms with van der Waals surface area (Å²) in [5.74, 6) is -2.06. The first-order valence-electron chi connectivity index (χ1n) is 14.4. The minimum Gasteiger partial charge on any atom is -0.404 e. The van der Waals surface area contributed by atoms with Crippen LogP contribution < -0.4 is 26.2 Å². The Bertz CT molecular complexity index is 1120. The first-order chi connectivity index (χ1) is 19.3. The third-order valence-corrected chi connectivity index (χ3v) is 7.50. The second-order valence-corrected chi connectivity index (χ2v) is 13.3. The molecular formula is C29H49N4O8P. The molecule has 0 aliphatic rings. The molecule has 1 aromatic carbocycles. The summed E-state index contributed by atoms with van der Waals surface area (Å²) in [6.07, 6.45) is 3.63. The molecule has 0 aliphatic heterocycles. The molecular weight excluding hydrogens is 563 g/mol. The Morgan fingerprint density at radius 1 is 0.976 bits per heavy atom. The van der Waals surface area contributed by atoms with Gasteiger partial charge in [-0.3, -0.25) is 29.0 Å². The molecule has 4 amide bonds. The molecule has 0 spiro atoms. The topological polar surface area (TPSA) is 197 Å². The van der Waals surface area contributed by atoms with Crippen molar-refractivity contribution in [1.29, 1.82) is 0 Å². The zero-order valence-corrected chi connectivity index (χ0v) is 26.8. The fourth-order valence-electron chi connectivity index (χ4n) is 4.67. The van der Waals surface area contributed by atoms with Crippen LogP contribution in [0.4, 0.5) is 0 Å². The van der Waals surface area contributed by atoms with Gasteiger partial charge in [-0.15, -0.1) is 0 Å². The van der Waals surface area contributed by atoms with Crippen LogP contribution in [-0.4, -0.2) is 51.0 Å². The van der Waals surface area contributed by atoms with Crippen LogP contribution in [0.15, 0.2) is 24.3 Å². The van der Waals surface area contributed by atoms with Gasteiger partial charge in [0.1, 0.15) is 17.8 Å². The second-order valence-electron chi connectivity index (χ2n) is 12.2. The van der Waals surface area contributed by atoms with Gasteiger partial charge in [0.25, 0.3) is 0 Å². The summed E-state index contributed by atoms with van der Waals surface area (Å²) in [5, 5.41) is 8.56. The number of phosphoric acid groups is 1. The average molecular weight is 613 g/mol. The first-order valence-corrected chi connectivity index (χ1v) is 15.9. The highest BCUT2D eigenvalue weighted by Crippen LogP contribution is 2.37. The predicted octanol–water partition coefficient (Wildman–Crippen LogP) is 3.09. The molecule has 0 bridgehead atoms. The maximum atomic E-state index is 13.6. The zero-order valence-electron chi connectivity index (χ0n) is 25.9. The van der Waals surface area contributed by atoms with E-state index < -0.39 is 48.6 Å². The molecule has 7 N–H and O–H groups in total. The Kier molecular flexibility index (Phi) is 14.2. The number of amides is 4. The van der Waals surface area contributed by atoms with Crippen molar-refractivity contribution >= 4 is 31.5 Å². The van der Waals surface area contributed by atoms with E-state index in [4.69, 9.17) is 15.5 Å². The zero-order chi connectivity index (χ0) is 32.3. The predicted molar refractivity (Wildman–Crippen MR) is 160 cm³/mol. The van der Waals surface area contributed by atoms with Gasteiger partial charge in [0.2, 0.25) is 23.6 Å². The van der Waals surface area contributed by atoms with Crippen LogP contribution in [-0.2, 0) is 30.2 Å². The lowest BCUT2D eigenvalue weighted by molar-refractivity contribution is -0.134. The number of hydrogen-bond acceptors (Lipinski definition) is 6. The molecule has 0 heterocycles. The summed E-state index contributed by atoms with van der Waals surface area (Å²) in [4.78, 5) is 69.7. The van der Waals surface area contributed by atoms with Gasteiger partial charge >= 0.3 is 7.82 Å². The summed E-state index contributed by atoms with van der Waals surface area (Å²) in [6.45, 7) is 12.7. The van der Waals surface area contributed by atoms with Gasteiger partial charge in [-0.1, -0.05) is 66.0 Å². The lowest BCUT2D eigenvalue weighted by Gasteiger charge is -2.36. The Morgan fingerprint density at radius 2 is 1.57 bits per heavy atom. The van der Waals surface area contributed by atoms with Crippen LogP contribution >= 0.6 is 7.82 Å². The van der Waals surface area contributed by atoms with E-state index in [1.165, 1.54) is 24.3 Å². The normalized spacial score (nSPS) is 14.3. The molecule has 13 heteroatoms. The monoisotopic (exact) mass is 612 g/mol. The largest absolute Gasteiger partial charge is 0.524 e. The summed E-state index contributed by atoms with van der Waals surface area (Å²) < 4.78 is 15.7. The number of nitrogens with two attached hydrogens (primary N) is 1. The third kappa shape index (κ3) is 13.4. The number of nitrogens with one attached hydrogen (secondary N) is 3. The maximum absolute atomic E-state index is 13.6. The van der Waals surface area contributed by atoms with E-state index in [0.717, 1.165) is 12.8 Å². The van der Waals surface area contributed by atoms with Crippen molar-refractivity contribution < 1.29 is 38.1 Å². The van der Waals surface area contributed by atoms with Crippen molar-refractivity contribution in [1.82, 2.24) is 16.0 Å². The summed E-state index contributed by atoms with van der Waals surface area (Å²) in [7, 11) is -4.73. The first kappa shape index (κ1) is 37.1. The number of benzene rings is 1. The van der Waals surface area contributed by atoms with Crippen LogP contribution in [0.25, 0.3) is 0 Å². The number of rotatable bonds is 18. The molecule has 1 aromatic rings. The average Bonchev–Trinajstić information content (AvgIpc) is 2.85. The minimum atomic E-state index is -4.73. The van der Waals surface area contributed by atoms with Crippen molar-refractivity contribution in [2.45, 2.75) is 111 Å². The number of phosphoric ester groups is 1. The maximum Gasteiger partial charge on any atom is 0.524 e. The SMILES string of the molecule is CCCCCC(=O)NC(Cc1ccc(OP(=O)(O)O)cc1)C(=O)NC(C(=O)NC(C)(C)CC(C)(C)C(N)=O)C(C)CC. The molecule has 0 aliphatic carbocycles. The van der Waals surface area contributed by atoms with Crippen LogP contribution in [0.5, 0.6) is 5.75 Å². The number of unbranched alkanes of at least 4 members (excludes halogenated alkanes) is 2. The third-order valence-electron chi connectivity index (χ3n) is 7.05. The molecule has 42 heavy (non-hydrogen) atoms. The van der Waals surface area contributed by atoms with Crippen molar-refractivity contribution in [2.75, 3.05) is 0 Å². The minimum absolute atomic E-state index is 0.0488. The molecule has 0 saturated heterocycles. The fourth-order valence-corrected chi connectivity index (χ4v) is 5.07. The number of carbonyl (C=O) groups excluding carboxylic acids is 4. The molecule has 238 valence electrons. The van der Waals surface area contributed by atoms with E-state index in [0.29, 0.717) is 18.4 Å². The molecule has 3 atom stereocenters. The standard InChI is InChI=1S/C29H49N4O8P/c1-8-10-11-12-23(34)31-22(17-20-13-15-21(16-14-20)41-42(38,39)40)25(35)32-24(19(3)9-2)26(36)33-29(6,7)18-28(4,5)27(30)37/h13-16,19,22,24H,8-12,17-18H2,1-7H3,(H2,30,37)(H,31,34)(H,32,35)(H,33,36)(H2,38,39,40). The quantitative estimate of drug-likeness (QED) is 0.107. The van der Waals surface area contributed by atoms with Gasteiger partial charge in [0.15, 0.2) is 0 Å². The molecule has 0 radical (unpaired) electrons. The van der Waals surface area contributed by atoms with Crippen LogP contribution in [0.3, 0.4) is 0 Å².